The van der Waals surface area contributed by atoms with E-state index in [2.05, 4.69) is 56.4 Å². The predicted octanol–water partition coefficient (Wildman–Crippen LogP) is 4.33. The number of hydrogen-bond donors (Lipinski definition) is 1. The Hall–Kier alpha value is -1.32. The summed E-state index contributed by atoms with van der Waals surface area (Å²) in [6.07, 6.45) is 1.09. The number of methoxy groups -OCH3 is 1. The van der Waals surface area contributed by atoms with Crippen molar-refractivity contribution in [1.29, 1.82) is 0 Å². The molecule has 0 aliphatic heterocycles. The number of benzene rings is 1. The Kier molecular flexibility index (Phi) is 5.21. The van der Waals surface area contributed by atoms with E-state index in [4.69, 9.17) is 4.74 Å². The van der Waals surface area contributed by atoms with Gasteiger partial charge < -0.3 is 10.1 Å². The molecule has 1 atom stereocenters. The number of rotatable bonds is 6. The Morgan fingerprint density at radius 1 is 1.20 bits per heavy atom. The minimum Gasteiger partial charge on any atom is -0.496 e. The van der Waals surface area contributed by atoms with Gasteiger partial charge in [-0.1, -0.05) is 31.5 Å². The van der Waals surface area contributed by atoms with Crippen LogP contribution < -0.4 is 10.1 Å². The fourth-order valence-corrected chi connectivity index (χ4v) is 3.43. The summed E-state index contributed by atoms with van der Waals surface area (Å²) in [5.41, 5.74) is 2.48. The average Bonchev–Trinajstić information content (AvgIpc) is 2.93. The van der Waals surface area contributed by atoms with E-state index in [-0.39, 0.29) is 6.04 Å². The van der Waals surface area contributed by atoms with E-state index >= 15 is 0 Å². The number of ether oxygens (including phenoxy) is 1. The van der Waals surface area contributed by atoms with Crippen LogP contribution in [0.5, 0.6) is 5.75 Å². The summed E-state index contributed by atoms with van der Waals surface area (Å²) in [6, 6.07) is 11.0. The van der Waals surface area contributed by atoms with Crippen molar-refractivity contribution in [1.82, 2.24) is 5.32 Å². The molecule has 108 valence electrons. The molecule has 0 radical (unpaired) electrons. The summed E-state index contributed by atoms with van der Waals surface area (Å²) in [4.78, 5) is 2.78. The third-order valence-corrected chi connectivity index (χ3v) is 4.71. The molecule has 1 heterocycles. The highest BCUT2D eigenvalue weighted by Crippen LogP contribution is 2.34. The molecule has 3 heteroatoms. The minimum absolute atomic E-state index is 0.208. The highest BCUT2D eigenvalue weighted by Gasteiger charge is 2.19. The van der Waals surface area contributed by atoms with Gasteiger partial charge in [-0.15, -0.1) is 11.3 Å². The van der Waals surface area contributed by atoms with Crippen LogP contribution in [0.2, 0.25) is 0 Å². The van der Waals surface area contributed by atoms with Crippen molar-refractivity contribution in [3.8, 4) is 5.75 Å². The summed E-state index contributed by atoms with van der Waals surface area (Å²) < 4.78 is 5.55. The molecule has 1 aromatic heterocycles. The molecule has 0 saturated heterocycles. The lowest BCUT2D eigenvalue weighted by Gasteiger charge is -2.20. The second kappa shape index (κ2) is 6.91. The molecule has 0 bridgehead atoms. The van der Waals surface area contributed by atoms with Crippen molar-refractivity contribution in [3.63, 3.8) is 0 Å². The van der Waals surface area contributed by atoms with E-state index in [9.17, 15) is 0 Å². The summed E-state index contributed by atoms with van der Waals surface area (Å²) in [5.74, 6) is 0.952. The van der Waals surface area contributed by atoms with Crippen LogP contribution in [0, 0.1) is 6.92 Å². The largest absolute Gasteiger partial charge is 0.496 e. The normalized spacial score (nSPS) is 12.4. The summed E-state index contributed by atoms with van der Waals surface area (Å²) in [6.45, 7) is 7.40. The van der Waals surface area contributed by atoms with Gasteiger partial charge >= 0.3 is 0 Å². The molecule has 0 aliphatic carbocycles. The Labute approximate surface area is 125 Å². The van der Waals surface area contributed by atoms with Crippen LogP contribution >= 0.6 is 11.3 Å². The van der Waals surface area contributed by atoms with Crippen LogP contribution in [0.4, 0.5) is 0 Å². The van der Waals surface area contributed by atoms with E-state index in [0.717, 1.165) is 18.7 Å². The van der Waals surface area contributed by atoms with Crippen LogP contribution in [-0.2, 0) is 6.42 Å². The predicted molar refractivity (Wildman–Crippen MR) is 86.9 cm³/mol. The lowest BCUT2D eigenvalue weighted by Crippen LogP contribution is -2.21. The van der Waals surface area contributed by atoms with Crippen molar-refractivity contribution in [3.05, 3.63) is 51.2 Å². The number of aryl methyl sites for hydroxylation is 2. The maximum atomic E-state index is 5.55. The molecule has 2 aromatic rings. The average molecular weight is 289 g/mol. The van der Waals surface area contributed by atoms with Gasteiger partial charge in [0.15, 0.2) is 0 Å². The van der Waals surface area contributed by atoms with E-state index in [1.54, 1.807) is 7.11 Å². The standard InChI is InChI=1S/C17H23NOS/c1-5-13-8-10-16(20-13)17(18-6-2)14-11-12(3)7-9-15(14)19-4/h7-11,17-18H,5-6H2,1-4H3. The van der Waals surface area contributed by atoms with Gasteiger partial charge in [-0.05, 0) is 38.1 Å². The first-order valence-electron chi connectivity index (χ1n) is 7.16. The fraction of sp³-hybridized carbons (Fsp3) is 0.412. The van der Waals surface area contributed by atoms with Crippen LogP contribution in [-0.4, -0.2) is 13.7 Å². The van der Waals surface area contributed by atoms with Crippen molar-refractivity contribution < 1.29 is 4.74 Å². The van der Waals surface area contributed by atoms with Gasteiger partial charge in [0.1, 0.15) is 5.75 Å². The summed E-state index contributed by atoms with van der Waals surface area (Å²) >= 11 is 1.88. The molecule has 2 nitrogen and oxygen atoms in total. The maximum Gasteiger partial charge on any atom is 0.124 e. The second-order valence-electron chi connectivity index (χ2n) is 4.89. The van der Waals surface area contributed by atoms with Crippen molar-refractivity contribution >= 4 is 11.3 Å². The van der Waals surface area contributed by atoms with Crippen LogP contribution in [0.1, 0.15) is 40.8 Å². The zero-order valence-electron chi connectivity index (χ0n) is 12.7. The Balaban J connectivity index is 2.44. The van der Waals surface area contributed by atoms with Crippen molar-refractivity contribution in [2.24, 2.45) is 0 Å². The van der Waals surface area contributed by atoms with Gasteiger partial charge in [-0.25, -0.2) is 0 Å². The van der Waals surface area contributed by atoms with Gasteiger partial charge in [-0.3, -0.25) is 0 Å². The lowest BCUT2D eigenvalue weighted by atomic mass is 10.0. The van der Waals surface area contributed by atoms with E-state index in [0.29, 0.717) is 0 Å². The third kappa shape index (κ3) is 3.22. The Morgan fingerprint density at radius 3 is 2.60 bits per heavy atom. The molecule has 0 amide bonds. The number of nitrogens with one attached hydrogen (secondary N) is 1. The molecule has 0 saturated carbocycles. The molecule has 1 aromatic carbocycles. The third-order valence-electron chi connectivity index (χ3n) is 3.42. The van der Waals surface area contributed by atoms with Crippen molar-refractivity contribution in [2.45, 2.75) is 33.2 Å². The molecule has 0 fully saturated rings. The topological polar surface area (TPSA) is 21.3 Å². The maximum absolute atomic E-state index is 5.55. The summed E-state index contributed by atoms with van der Waals surface area (Å²) in [7, 11) is 1.74. The summed E-state index contributed by atoms with van der Waals surface area (Å²) in [5, 5.41) is 3.58. The molecular weight excluding hydrogens is 266 g/mol. The first-order valence-corrected chi connectivity index (χ1v) is 7.97. The highest BCUT2D eigenvalue weighted by molar-refractivity contribution is 7.12. The zero-order chi connectivity index (χ0) is 14.5. The van der Waals surface area contributed by atoms with E-state index in [1.807, 2.05) is 11.3 Å². The molecule has 1 unspecified atom stereocenters. The first-order chi connectivity index (χ1) is 9.69. The minimum atomic E-state index is 0.208. The van der Waals surface area contributed by atoms with Crippen LogP contribution in [0.15, 0.2) is 30.3 Å². The quantitative estimate of drug-likeness (QED) is 0.855. The van der Waals surface area contributed by atoms with Crippen LogP contribution in [0.3, 0.4) is 0 Å². The van der Waals surface area contributed by atoms with Gasteiger partial charge in [0.25, 0.3) is 0 Å². The molecule has 20 heavy (non-hydrogen) atoms. The van der Waals surface area contributed by atoms with Gasteiger partial charge in [0.05, 0.1) is 13.2 Å². The SMILES string of the molecule is CCNC(c1ccc(CC)s1)c1cc(C)ccc1OC. The van der Waals surface area contributed by atoms with Gasteiger partial charge in [0.2, 0.25) is 0 Å². The highest BCUT2D eigenvalue weighted by atomic mass is 32.1. The number of thiophene rings is 1. The molecule has 1 N–H and O–H groups in total. The smallest absolute Gasteiger partial charge is 0.124 e. The van der Waals surface area contributed by atoms with Gasteiger partial charge in [-0.2, -0.15) is 0 Å². The van der Waals surface area contributed by atoms with E-state index in [1.165, 1.54) is 20.9 Å². The Bertz CT molecular complexity index is 562. The molecular formula is C17H23NOS. The zero-order valence-corrected chi connectivity index (χ0v) is 13.5. The first kappa shape index (κ1) is 15.1. The monoisotopic (exact) mass is 289 g/mol. The molecule has 2 rings (SSSR count). The number of hydrogen-bond acceptors (Lipinski definition) is 3. The van der Waals surface area contributed by atoms with Crippen LogP contribution in [0.25, 0.3) is 0 Å². The van der Waals surface area contributed by atoms with Gasteiger partial charge in [0, 0.05) is 15.3 Å². The molecule has 0 spiro atoms. The molecule has 0 aliphatic rings. The van der Waals surface area contributed by atoms with E-state index < -0.39 is 0 Å². The van der Waals surface area contributed by atoms with Crippen molar-refractivity contribution in [2.75, 3.05) is 13.7 Å². The fourth-order valence-electron chi connectivity index (χ4n) is 2.39. The lowest BCUT2D eigenvalue weighted by molar-refractivity contribution is 0.404. The Morgan fingerprint density at radius 2 is 2.00 bits per heavy atom. The second-order valence-corrected chi connectivity index (χ2v) is 6.09.